The number of amides is 1. The Kier molecular flexibility index (Phi) is 4.90. The van der Waals surface area contributed by atoms with Crippen LogP contribution in [-0.2, 0) is 28.8 Å². The van der Waals surface area contributed by atoms with Gasteiger partial charge in [-0.2, -0.15) is 4.36 Å². The summed E-state index contributed by atoms with van der Waals surface area (Å²) in [6.45, 7) is 0.474. The van der Waals surface area contributed by atoms with Crippen LogP contribution in [0.2, 0.25) is 0 Å². The van der Waals surface area contributed by atoms with E-state index in [9.17, 15) is 13.8 Å². The van der Waals surface area contributed by atoms with Gasteiger partial charge < -0.3 is 20.9 Å². The van der Waals surface area contributed by atoms with E-state index in [-0.39, 0.29) is 30.9 Å². The van der Waals surface area contributed by atoms with Crippen LogP contribution in [0.15, 0.2) is 4.36 Å². The summed E-state index contributed by atoms with van der Waals surface area (Å²) in [7, 11) is -1.47. The Labute approximate surface area is 130 Å². The molecule has 0 radical (unpaired) electrons. The Morgan fingerprint density at radius 2 is 1.95 bits per heavy atom. The molecule has 2 rings (SSSR count). The summed E-state index contributed by atoms with van der Waals surface area (Å²) in [5, 5.41) is 0. The Bertz CT molecular complexity index is 562. The molecule has 2 aliphatic rings. The monoisotopic (exact) mass is 333 g/mol. The second-order valence-corrected chi connectivity index (χ2v) is 8.42. The fourth-order valence-electron chi connectivity index (χ4n) is 2.76. The van der Waals surface area contributed by atoms with Crippen LogP contribution < -0.4 is 11.5 Å². The number of hydrogen-bond acceptors (Lipinski definition) is 7. The van der Waals surface area contributed by atoms with Crippen molar-refractivity contribution in [3.63, 3.8) is 0 Å². The van der Waals surface area contributed by atoms with E-state index in [1.165, 1.54) is 7.11 Å². The molecule has 0 aromatic carbocycles. The standard InChI is InChI=1S/C13H23N3O5S/c1-20-11(18)12(15)4-7-22(19,8-5-12)16-10(17)13(9-14)3-2-6-21-13/h2-9,14-15H2,1H3. The highest BCUT2D eigenvalue weighted by atomic mass is 32.2. The molecule has 0 aromatic rings. The lowest BCUT2D eigenvalue weighted by atomic mass is 9.94. The van der Waals surface area contributed by atoms with Crippen LogP contribution in [0.5, 0.6) is 0 Å². The molecule has 2 aliphatic heterocycles. The summed E-state index contributed by atoms with van der Waals surface area (Å²) in [5.41, 5.74) is 9.32. The Morgan fingerprint density at radius 1 is 1.32 bits per heavy atom. The van der Waals surface area contributed by atoms with Gasteiger partial charge >= 0.3 is 5.97 Å². The van der Waals surface area contributed by atoms with Gasteiger partial charge in [0.15, 0.2) is 5.60 Å². The number of esters is 1. The van der Waals surface area contributed by atoms with Crippen molar-refractivity contribution in [3.05, 3.63) is 0 Å². The zero-order valence-corrected chi connectivity index (χ0v) is 13.5. The fourth-order valence-corrected chi connectivity index (χ4v) is 4.98. The SMILES string of the molecule is COC(=O)C1(N)CCS(=O)(=NC(=O)C2(CN)CCCO2)CC1. The molecule has 126 valence electrons. The van der Waals surface area contributed by atoms with Crippen molar-refractivity contribution in [2.24, 2.45) is 15.8 Å². The van der Waals surface area contributed by atoms with Crippen molar-refractivity contribution >= 4 is 21.6 Å². The van der Waals surface area contributed by atoms with E-state index in [4.69, 9.17) is 16.2 Å². The third-order valence-corrected chi connectivity index (χ3v) is 6.58. The molecule has 9 heteroatoms. The number of carbonyl (C=O) groups excluding carboxylic acids is 2. The summed E-state index contributed by atoms with van der Waals surface area (Å²) in [6, 6.07) is 0. The largest absolute Gasteiger partial charge is 0.468 e. The summed E-state index contributed by atoms with van der Waals surface area (Å²) < 4.78 is 26.8. The van der Waals surface area contributed by atoms with Crippen molar-refractivity contribution in [1.82, 2.24) is 0 Å². The zero-order valence-electron chi connectivity index (χ0n) is 12.7. The molecule has 0 aliphatic carbocycles. The molecule has 1 atom stereocenters. The van der Waals surface area contributed by atoms with E-state index in [1.54, 1.807) is 0 Å². The van der Waals surface area contributed by atoms with Crippen molar-refractivity contribution < 1.29 is 23.3 Å². The highest BCUT2D eigenvalue weighted by molar-refractivity contribution is 7.93. The summed E-state index contributed by atoms with van der Waals surface area (Å²) in [6.07, 6.45) is 1.57. The van der Waals surface area contributed by atoms with Gasteiger partial charge in [-0.05, 0) is 25.7 Å². The molecule has 2 saturated heterocycles. The number of hydrogen-bond donors (Lipinski definition) is 2. The summed E-state index contributed by atoms with van der Waals surface area (Å²) in [4.78, 5) is 24.0. The minimum atomic E-state index is -2.74. The quantitative estimate of drug-likeness (QED) is 0.643. The molecule has 22 heavy (non-hydrogen) atoms. The number of ether oxygens (including phenoxy) is 2. The summed E-state index contributed by atoms with van der Waals surface area (Å²) in [5.74, 6) is -0.909. The Morgan fingerprint density at radius 3 is 2.41 bits per heavy atom. The lowest BCUT2D eigenvalue weighted by molar-refractivity contribution is -0.147. The number of nitrogens with zero attached hydrogens (tertiary/aromatic N) is 1. The fraction of sp³-hybridized carbons (Fsp3) is 0.846. The van der Waals surface area contributed by atoms with Gasteiger partial charge in [-0.1, -0.05) is 0 Å². The molecule has 1 amide bonds. The van der Waals surface area contributed by atoms with Crippen LogP contribution in [0.1, 0.15) is 25.7 Å². The normalized spacial score (nSPS) is 38.5. The molecular weight excluding hydrogens is 310 g/mol. The molecule has 0 saturated carbocycles. The molecule has 8 nitrogen and oxygen atoms in total. The molecule has 2 heterocycles. The van der Waals surface area contributed by atoms with E-state index >= 15 is 0 Å². The molecular formula is C13H23N3O5S. The predicted molar refractivity (Wildman–Crippen MR) is 80.5 cm³/mol. The van der Waals surface area contributed by atoms with E-state index in [0.717, 1.165) is 6.42 Å². The topological polar surface area (TPSA) is 134 Å². The van der Waals surface area contributed by atoms with Gasteiger partial charge in [-0.15, -0.1) is 0 Å². The Hall–Kier alpha value is -1.03. The van der Waals surface area contributed by atoms with Gasteiger partial charge in [-0.25, -0.2) is 4.21 Å². The molecule has 0 aromatic heterocycles. The number of nitrogens with two attached hydrogens (primary N) is 2. The minimum absolute atomic E-state index is 0.0217. The van der Waals surface area contributed by atoms with Crippen LogP contribution in [0.25, 0.3) is 0 Å². The second-order valence-electron chi connectivity index (χ2n) is 5.88. The average molecular weight is 333 g/mol. The first-order valence-corrected chi connectivity index (χ1v) is 9.13. The summed E-state index contributed by atoms with van der Waals surface area (Å²) >= 11 is 0. The van der Waals surface area contributed by atoms with Gasteiger partial charge in [0, 0.05) is 24.7 Å². The van der Waals surface area contributed by atoms with E-state index in [2.05, 4.69) is 9.10 Å². The number of methoxy groups -OCH3 is 1. The predicted octanol–water partition coefficient (Wildman–Crippen LogP) is -0.847. The van der Waals surface area contributed by atoms with Gasteiger partial charge in [0.05, 0.1) is 16.8 Å². The van der Waals surface area contributed by atoms with E-state index in [0.29, 0.717) is 13.0 Å². The van der Waals surface area contributed by atoms with Crippen molar-refractivity contribution in [2.45, 2.75) is 36.8 Å². The average Bonchev–Trinajstić information content (AvgIpc) is 3.00. The second kappa shape index (κ2) is 6.23. The Balaban J connectivity index is 2.14. The lowest BCUT2D eigenvalue weighted by Crippen LogP contribution is -2.54. The maximum absolute atomic E-state index is 12.7. The van der Waals surface area contributed by atoms with Crippen molar-refractivity contribution in [3.8, 4) is 0 Å². The van der Waals surface area contributed by atoms with Gasteiger partial charge in [0.1, 0.15) is 5.54 Å². The zero-order chi connectivity index (χ0) is 16.4. The third-order valence-electron chi connectivity index (χ3n) is 4.40. The molecule has 1 unspecified atom stereocenters. The number of carbonyl (C=O) groups is 2. The van der Waals surface area contributed by atoms with Crippen LogP contribution in [0.3, 0.4) is 0 Å². The van der Waals surface area contributed by atoms with Crippen LogP contribution in [-0.4, -0.2) is 59.0 Å². The highest BCUT2D eigenvalue weighted by Gasteiger charge is 2.44. The molecule has 0 spiro atoms. The van der Waals surface area contributed by atoms with Crippen LogP contribution >= 0.6 is 0 Å². The van der Waals surface area contributed by atoms with Crippen molar-refractivity contribution in [1.29, 1.82) is 0 Å². The lowest BCUT2D eigenvalue weighted by Gasteiger charge is -2.32. The van der Waals surface area contributed by atoms with Crippen molar-refractivity contribution in [2.75, 3.05) is 31.8 Å². The third kappa shape index (κ3) is 3.17. The van der Waals surface area contributed by atoms with Gasteiger partial charge in [0.25, 0.3) is 5.91 Å². The smallest absolute Gasteiger partial charge is 0.325 e. The van der Waals surface area contributed by atoms with E-state index < -0.39 is 32.7 Å². The molecule has 2 fully saturated rings. The highest BCUT2D eigenvalue weighted by Crippen LogP contribution is 2.29. The van der Waals surface area contributed by atoms with Crippen LogP contribution in [0.4, 0.5) is 0 Å². The first kappa shape index (κ1) is 17.3. The first-order chi connectivity index (χ1) is 10.3. The first-order valence-electron chi connectivity index (χ1n) is 7.27. The molecule has 4 N–H and O–H groups in total. The van der Waals surface area contributed by atoms with Crippen LogP contribution in [0, 0.1) is 0 Å². The van der Waals surface area contributed by atoms with Gasteiger partial charge in [0.2, 0.25) is 0 Å². The number of rotatable bonds is 3. The minimum Gasteiger partial charge on any atom is -0.468 e. The maximum atomic E-state index is 12.7. The molecule has 0 bridgehead atoms. The van der Waals surface area contributed by atoms with Gasteiger partial charge in [-0.3, -0.25) is 9.59 Å². The maximum Gasteiger partial charge on any atom is 0.325 e. The van der Waals surface area contributed by atoms with E-state index in [1.807, 2.05) is 0 Å².